The van der Waals surface area contributed by atoms with E-state index < -0.39 is 0 Å². The molecule has 4 nitrogen and oxygen atoms in total. The Morgan fingerprint density at radius 1 is 1.56 bits per heavy atom. The Morgan fingerprint density at radius 2 is 2.28 bits per heavy atom. The van der Waals surface area contributed by atoms with Crippen molar-refractivity contribution in [3.05, 3.63) is 30.1 Å². The van der Waals surface area contributed by atoms with Crippen molar-refractivity contribution in [1.82, 2.24) is 9.88 Å². The molecule has 2 rings (SSSR count). The number of amides is 1. The van der Waals surface area contributed by atoms with Gasteiger partial charge in [-0.3, -0.25) is 9.78 Å². The Morgan fingerprint density at radius 3 is 2.83 bits per heavy atom. The summed E-state index contributed by atoms with van der Waals surface area (Å²) in [6, 6.07) is 3.99. The predicted octanol–water partition coefficient (Wildman–Crippen LogP) is 1.73. The minimum absolute atomic E-state index is 0.0394. The largest absolute Gasteiger partial charge is 0.343 e. The lowest BCUT2D eigenvalue weighted by Crippen LogP contribution is -2.40. The number of piperidine rings is 1. The van der Waals surface area contributed by atoms with Crippen LogP contribution in [0.5, 0.6) is 0 Å². The topological polar surface area (TPSA) is 59.2 Å². The third-order valence-electron chi connectivity index (χ3n) is 3.77. The predicted molar refractivity (Wildman–Crippen MR) is 70.8 cm³/mol. The molecule has 1 aromatic rings. The molecule has 0 bridgehead atoms. The monoisotopic (exact) mass is 247 g/mol. The number of nitrogens with zero attached hydrogens (tertiary/aromatic N) is 2. The standard InChI is InChI=1S/C14H21N3O/c1-2-13(18)17-8-5-11(6-9-17)14(15)12-4-3-7-16-10-12/h3-4,7,10-11,14H,2,5-6,8-9,15H2,1H3. The minimum atomic E-state index is 0.0394. The molecule has 1 saturated heterocycles. The first-order chi connectivity index (χ1) is 8.72. The average Bonchev–Trinajstić information content (AvgIpc) is 2.47. The fourth-order valence-corrected chi connectivity index (χ4v) is 2.58. The highest BCUT2D eigenvalue weighted by Crippen LogP contribution is 2.28. The summed E-state index contributed by atoms with van der Waals surface area (Å²) < 4.78 is 0. The van der Waals surface area contributed by atoms with Crippen molar-refractivity contribution in [3.8, 4) is 0 Å². The van der Waals surface area contributed by atoms with Crippen molar-refractivity contribution in [2.75, 3.05) is 13.1 Å². The van der Waals surface area contributed by atoms with Gasteiger partial charge in [-0.15, -0.1) is 0 Å². The zero-order valence-electron chi connectivity index (χ0n) is 10.9. The molecule has 2 N–H and O–H groups in total. The van der Waals surface area contributed by atoms with E-state index in [0.29, 0.717) is 12.3 Å². The average molecular weight is 247 g/mol. The lowest BCUT2D eigenvalue weighted by molar-refractivity contribution is -0.132. The van der Waals surface area contributed by atoms with Gasteiger partial charge in [0.2, 0.25) is 5.91 Å². The Labute approximate surface area is 108 Å². The van der Waals surface area contributed by atoms with Gasteiger partial charge in [0.05, 0.1) is 0 Å². The van der Waals surface area contributed by atoms with Gasteiger partial charge in [0, 0.05) is 37.9 Å². The van der Waals surface area contributed by atoms with Gasteiger partial charge in [-0.25, -0.2) is 0 Å². The second-order valence-electron chi connectivity index (χ2n) is 4.88. The van der Waals surface area contributed by atoms with Crippen molar-refractivity contribution in [2.24, 2.45) is 11.7 Å². The van der Waals surface area contributed by atoms with Gasteiger partial charge in [-0.2, -0.15) is 0 Å². The Kier molecular flexibility index (Phi) is 4.31. The van der Waals surface area contributed by atoms with Crippen molar-refractivity contribution >= 4 is 5.91 Å². The fourth-order valence-electron chi connectivity index (χ4n) is 2.58. The molecule has 1 aromatic heterocycles. The molecule has 0 spiro atoms. The van der Waals surface area contributed by atoms with E-state index in [9.17, 15) is 4.79 Å². The maximum atomic E-state index is 11.6. The van der Waals surface area contributed by atoms with E-state index in [-0.39, 0.29) is 11.9 Å². The van der Waals surface area contributed by atoms with Gasteiger partial charge in [0.1, 0.15) is 0 Å². The molecular formula is C14H21N3O. The summed E-state index contributed by atoms with van der Waals surface area (Å²) in [6.45, 7) is 3.59. The van der Waals surface area contributed by atoms with Crippen LogP contribution >= 0.6 is 0 Å². The third kappa shape index (κ3) is 2.88. The van der Waals surface area contributed by atoms with Gasteiger partial charge in [-0.05, 0) is 30.4 Å². The number of rotatable bonds is 3. The van der Waals surface area contributed by atoms with Gasteiger partial charge in [0.25, 0.3) is 0 Å². The number of nitrogens with two attached hydrogens (primary N) is 1. The van der Waals surface area contributed by atoms with Crippen LogP contribution in [0.2, 0.25) is 0 Å². The van der Waals surface area contributed by atoms with Crippen LogP contribution in [0.4, 0.5) is 0 Å². The molecule has 98 valence electrons. The van der Waals surface area contributed by atoms with E-state index in [0.717, 1.165) is 31.5 Å². The van der Waals surface area contributed by atoms with E-state index in [1.807, 2.05) is 30.2 Å². The van der Waals surface area contributed by atoms with Crippen LogP contribution in [0.3, 0.4) is 0 Å². The highest BCUT2D eigenvalue weighted by molar-refractivity contribution is 5.75. The zero-order valence-corrected chi connectivity index (χ0v) is 10.9. The molecule has 1 unspecified atom stereocenters. The van der Waals surface area contributed by atoms with Crippen LogP contribution in [0.15, 0.2) is 24.5 Å². The molecule has 1 fully saturated rings. The number of likely N-dealkylation sites (tertiary alicyclic amines) is 1. The molecule has 0 aromatic carbocycles. The van der Waals surface area contributed by atoms with E-state index in [4.69, 9.17) is 5.73 Å². The maximum Gasteiger partial charge on any atom is 0.222 e. The highest BCUT2D eigenvalue weighted by Gasteiger charge is 2.26. The van der Waals surface area contributed by atoms with Crippen molar-refractivity contribution in [1.29, 1.82) is 0 Å². The van der Waals surface area contributed by atoms with E-state index in [2.05, 4.69) is 4.98 Å². The van der Waals surface area contributed by atoms with Gasteiger partial charge in [0.15, 0.2) is 0 Å². The van der Waals surface area contributed by atoms with Crippen molar-refractivity contribution in [2.45, 2.75) is 32.2 Å². The summed E-state index contributed by atoms with van der Waals surface area (Å²) in [6.07, 6.45) is 6.18. The fraction of sp³-hybridized carbons (Fsp3) is 0.571. The molecule has 1 aliphatic heterocycles. The lowest BCUT2D eigenvalue weighted by Gasteiger charge is -2.34. The summed E-state index contributed by atoms with van der Waals surface area (Å²) in [5.74, 6) is 0.707. The summed E-state index contributed by atoms with van der Waals surface area (Å²) in [7, 11) is 0. The Bertz CT molecular complexity index is 385. The maximum absolute atomic E-state index is 11.6. The molecule has 18 heavy (non-hydrogen) atoms. The first-order valence-electron chi connectivity index (χ1n) is 6.65. The Balaban J connectivity index is 1.92. The molecule has 1 amide bonds. The number of aromatic nitrogens is 1. The van der Waals surface area contributed by atoms with Crippen LogP contribution in [0.1, 0.15) is 37.8 Å². The number of hydrogen-bond acceptors (Lipinski definition) is 3. The van der Waals surface area contributed by atoms with Crippen LogP contribution < -0.4 is 5.73 Å². The van der Waals surface area contributed by atoms with Crippen LogP contribution in [-0.2, 0) is 4.79 Å². The van der Waals surface area contributed by atoms with E-state index in [1.165, 1.54) is 0 Å². The Hall–Kier alpha value is -1.42. The second-order valence-corrected chi connectivity index (χ2v) is 4.88. The molecule has 0 radical (unpaired) electrons. The van der Waals surface area contributed by atoms with E-state index >= 15 is 0 Å². The number of carbonyl (C=O) groups excluding carboxylic acids is 1. The van der Waals surface area contributed by atoms with Crippen LogP contribution in [-0.4, -0.2) is 28.9 Å². The lowest BCUT2D eigenvalue weighted by atomic mass is 9.86. The molecule has 0 saturated carbocycles. The summed E-state index contributed by atoms with van der Waals surface area (Å²) in [4.78, 5) is 17.7. The summed E-state index contributed by atoms with van der Waals surface area (Å²) in [5, 5.41) is 0. The van der Waals surface area contributed by atoms with Crippen molar-refractivity contribution in [3.63, 3.8) is 0 Å². The second kappa shape index (κ2) is 5.96. The first-order valence-corrected chi connectivity index (χ1v) is 6.65. The van der Waals surface area contributed by atoms with E-state index in [1.54, 1.807) is 6.20 Å². The molecular weight excluding hydrogens is 226 g/mol. The SMILES string of the molecule is CCC(=O)N1CCC(C(N)c2cccnc2)CC1. The third-order valence-corrected chi connectivity index (χ3v) is 3.77. The van der Waals surface area contributed by atoms with Crippen LogP contribution in [0.25, 0.3) is 0 Å². The van der Waals surface area contributed by atoms with Crippen molar-refractivity contribution < 1.29 is 4.79 Å². The summed E-state index contributed by atoms with van der Waals surface area (Å²) >= 11 is 0. The van der Waals surface area contributed by atoms with Crippen LogP contribution in [0, 0.1) is 5.92 Å². The number of pyridine rings is 1. The van der Waals surface area contributed by atoms with Gasteiger partial charge < -0.3 is 10.6 Å². The molecule has 2 heterocycles. The number of hydrogen-bond donors (Lipinski definition) is 1. The highest BCUT2D eigenvalue weighted by atomic mass is 16.2. The van der Waals surface area contributed by atoms with Gasteiger partial charge in [-0.1, -0.05) is 13.0 Å². The number of carbonyl (C=O) groups is 1. The first kappa shape index (κ1) is 13.0. The normalized spacial score (nSPS) is 18.7. The quantitative estimate of drug-likeness (QED) is 0.885. The smallest absolute Gasteiger partial charge is 0.222 e. The molecule has 0 aliphatic carbocycles. The molecule has 1 aliphatic rings. The minimum Gasteiger partial charge on any atom is -0.343 e. The zero-order chi connectivity index (χ0) is 13.0. The molecule has 4 heteroatoms. The molecule has 1 atom stereocenters. The summed E-state index contributed by atoms with van der Waals surface area (Å²) in [5.41, 5.74) is 7.38. The van der Waals surface area contributed by atoms with Gasteiger partial charge >= 0.3 is 0 Å².